The molecule has 0 bridgehead atoms. The topological polar surface area (TPSA) is 75.7 Å². The molecule has 1 atom stereocenters. The third-order valence-electron chi connectivity index (χ3n) is 4.91. The molecule has 0 radical (unpaired) electrons. The van der Waals surface area contributed by atoms with Crippen molar-refractivity contribution in [2.24, 2.45) is 5.92 Å². The number of methoxy groups -OCH3 is 1. The van der Waals surface area contributed by atoms with Gasteiger partial charge in [-0.05, 0) is 37.0 Å². The normalized spacial score (nSPS) is 17.2. The van der Waals surface area contributed by atoms with Crippen molar-refractivity contribution in [2.45, 2.75) is 44.6 Å². The first kappa shape index (κ1) is 20.8. The van der Waals surface area contributed by atoms with E-state index in [1.165, 1.54) is 23.5 Å². The Morgan fingerprint density at radius 3 is 2.46 bits per heavy atom. The van der Waals surface area contributed by atoms with E-state index in [2.05, 4.69) is 4.72 Å². The number of nitrogens with zero attached hydrogens (tertiary/aromatic N) is 1. The van der Waals surface area contributed by atoms with Gasteiger partial charge in [0.25, 0.3) is 10.2 Å². The lowest BCUT2D eigenvalue weighted by Gasteiger charge is -2.30. The molecule has 0 saturated heterocycles. The van der Waals surface area contributed by atoms with Gasteiger partial charge in [0.2, 0.25) is 0 Å². The van der Waals surface area contributed by atoms with E-state index in [4.69, 9.17) is 4.74 Å². The van der Waals surface area contributed by atoms with Crippen LogP contribution in [0.25, 0.3) is 0 Å². The minimum atomic E-state index is -3.68. The fourth-order valence-electron chi connectivity index (χ4n) is 3.26. The molecule has 1 saturated carbocycles. The van der Waals surface area contributed by atoms with E-state index in [0.29, 0.717) is 0 Å². The zero-order valence-corrected chi connectivity index (χ0v) is 16.1. The average Bonchev–Trinajstić information content (AvgIpc) is 2.66. The molecule has 8 heteroatoms. The summed E-state index contributed by atoms with van der Waals surface area (Å²) in [4.78, 5) is 12.0. The van der Waals surface area contributed by atoms with Crippen molar-refractivity contribution >= 4 is 16.2 Å². The number of hydrogen-bond donors (Lipinski definition) is 1. The molecule has 2 rings (SSSR count). The molecule has 0 spiro atoms. The van der Waals surface area contributed by atoms with E-state index in [-0.39, 0.29) is 24.8 Å². The molecule has 146 valence electrons. The first-order chi connectivity index (χ1) is 12.3. The molecule has 6 nitrogen and oxygen atoms in total. The zero-order chi connectivity index (χ0) is 19.2. The number of esters is 1. The fraction of sp³-hybridized carbons (Fsp3) is 0.611. The average molecular weight is 386 g/mol. The summed E-state index contributed by atoms with van der Waals surface area (Å²) < 4.78 is 46.8. The second-order valence-electron chi connectivity index (χ2n) is 6.71. The quantitative estimate of drug-likeness (QED) is 0.696. The van der Waals surface area contributed by atoms with Gasteiger partial charge in [0.05, 0.1) is 13.0 Å². The SMILES string of the molecule is COC(=O)[C@@H](CNS(=O)(=O)N(C)C1CCCCC1)Cc1ccc(F)cc1. The van der Waals surface area contributed by atoms with Gasteiger partial charge in [0, 0.05) is 19.6 Å². The van der Waals surface area contributed by atoms with E-state index in [1.807, 2.05) is 0 Å². The van der Waals surface area contributed by atoms with Crippen LogP contribution in [0, 0.1) is 11.7 Å². The Kier molecular flexibility index (Phi) is 7.55. The molecule has 26 heavy (non-hydrogen) atoms. The van der Waals surface area contributed by atoms with E-state index >= 15 is 0 Å². The number of benzene rings is 1. The minimum absolute atomic E-state index is 0.00470. The van der Waals surface area contributed by atoms with Gasteiger partial charge >= 0.3 is 5.97 Å². The summed E-state index contributed by atoms with van der Waals surface area (Å²) in [7, 11) is -0.839. The summed E-state index contributed by atoms with van der Waals surface area (Å²) in [6.07, 6.45) is 5.17. The Morgan fingerprint density at radius 1 is 1.27 bits per heavy atom. The van der Waals surface area contributed by atoms with E-state index in [1.54, 1.807) is 19.2 Å². The maximum Gasteiger partial charge on any atom is 0.310 e. The molecule has 0 amide bonds. The number of ether oxygens (including phenoxy) is 1. The number of nitrogens with one attached hydrogen (secondary N) is 1. The molecule has 0 unspecified atom stereocenters. The highest BCUT2D eigenvalue weighted by Gasteiger charge is 2.29. The molecule has 1 N–H and O–H groups in total. The van der Waals surface area contributed by atoms with Gasteiger partial charge in [-0.2, -0.15) is 12.7 Å². The molecule has 0 aliphatic heterocycles. The van der Waals surface area contributed by atoms with Gasteiger partial charge in [-0.3, -0.25) is 4.79 Å². The number of carbonyl (C=O) groups is 1. The van der Waals surface area contributed by atoms with Crippen molar-refractivity contribution in [1.29, 1.82) is 0 Å². The maximum absolute atomic E-state index is 13.0. The molecular formula is C18H27FN2O4S. The highest BCUT2D eigenvalue weighted by molar-refractivity contribution is 7.87. The van der Waals surface area contributed by atoms with Gasteiger partial charge in [-0.15, -0.1) is 0 Å². The maximum atomic E-state index is 13.0. The lowest BCUT2D eigenvalue weighted by atomic mass is 9.96. The molecular weight excluding hydrogens is 359 g/mol. The largest absolute Gasteiger partial charge is 0.469 e. The molecule has 1 fully saturated rings. The molecule has 1 aliphatic rings. The van der Waals surface area contributed by atoms with Crippen molar-refractivity contribution in [3.8, 4) is 0 Å². The van der Waals surface area contributed by atoms with E-state index in [0.717, 1.165) is 37.7 Å². The number of rotatable bonds is 8. The Labute approximate surface area is 154 Å². The number of halogens is 1. The summed E-state index contributed by atoms with van der Waals surface area (Å²) in [6.45, 7) is -0.0660. The second kappa shape index (κ2) is 9.43. The molecule has 1 aromatic rings. The van der Waals surface area contributed by atoms with Crippen molar-refractivity contribution in [3.63, 3.8) is 0 Å². The van der Waals surface area contributed by atoms with Crippen LogP contribution in [0.4, 0.5) is 4.39 Å². The molecule has 1 aromatic carbocycles. The predicted octanol–water partition coefficient (Wildman–Crippen LogP) is 2.26. The van der Waals surface area contributed by atoms with Crippen molar-refractivity contribution in [3.05, 3.63) is 35.6 Å². The van der Waals surface area contributed by atoms with Gasteiger partial charge in [0.15, 0.2) is 0 Å². The van der Waals surface area contributed by atoms with Crippen LogP contribution in [0.1, 0.15) is 37.7 Å². The highest BCUT2D eigenvalue weighted by atomic mass is 32.2. The summed E-state index contributed by atoms with van der Waals surface area (Å²) in [5, 5.41) is 0. The van der Waals surface area contributed by atoms with Crippen LogP contribution in [0.3, 0.4) is 0 Å². The molecule has 0 heterocycles. The first-order valence-electron chi connectivity index (χ1n) is 8.88. The lowest BCUT2D eigenvalue weighted by molar-refractivity contribution is -0.145. The fourth-order valence-corrected chi connectivity index (χ4v) is 4.48. The monoisotopic (exact) mass is 386 g/mol. The smallest absolute Gasteiger partial charge is 0.310 e. The molecule has 0 aromatic heterocycles. The standard InChI is InChI=1S/C18H27FN2O4S/c1-21(17-6-4-3-5-7-17)26(23,24)20-13-15(18(22)25-2)12-14-8-10-16(19)11-9-14/h8-11,15,17,20H,3-7,12-13H2,1-2H3/t15-/m1/s1. The molecule has 1 aliphatic carbocycles. The van der Waals surface area contributed by atoms with Crippen LogP contribution < -0.4 is 4.72 Å². The number of carbonyl (C=O) groups excluding carboxylic acids is 1. The predicted molar refractivity (Wildman–Crippen MR) is 97.2 cm³/mol. The van der Waals surface area contributed by atoms with Crippen LogP contribution >= 0.6 is 0 Å². The van der Waals surface area contributed by atoms with Gasteiger partial charge in [-0.25, -0.2) is 9.11 Å². The van der Waals surface area contributed by atoms with Gasteiger partial charge in [0.1, 0.15) is 5.82 Å². The lowest BCUT2D eigenvalue weighted by Crippen LogP contribution is -2.47. The highest BCUT2D eigenvalue weighted by Crippen LogP contribution is 2.23. The van der Waals surface area contributed by atoms with Gasteiger partial charge < -0.3 is 4.74 Å². The first-order valence-corrected chi connectivity index (χ1v) is 10.3. The summed E-state index contributed by atoms with van der Waals surface area (Å²) >= 11 is 0. The third-order valence-corrected chi connectivity index (χ3v) is 6.50. The van der Waals surface area contributed by atoms with Crippen molar-refractivity contribution in [1.82, 2.24) is 9.03 Å². The van der Waals surface area contributed by atoms with Crippen molar-refractivity contribution in [2.75, 3.05) is 20.7 Å². The Morgan fingerprint density at radius 2 is 1.88 bits per heavy atom. The second-order valence-corrected chi connectivity index (χ2v) is 8.53. The Balaban J connectivity index is 2.00. The summed E-state index contributed by atoms with van der Waals surface area (Å²) in [5.41, 5.74) is 0.738. The summed E-state index contributed by atoms with van der Waals surface area (Å²) in [5.74, 6) is -1.55. The Bertz CT molecular complexity index is 688. The summed E-state index contributed by atoms with van der Waals surface area (Å²) in [6, 6.07) is 5.77. The minimum Gasteiger partial charge on any atom is -0.469 e. The van der Waals surface area contributed by atoms with Crippen LogP contribution in [-0.2, 0) is 26.2 Å². The van der Waals surface area contributed by atoms with Crippen molar-refractivity contribution < 1.29 is 22.3 Å². The van der Waals surface area contributed by atoms with Crippen LogP contribution in [0.15, 0.2) is 24.3 Å². The van der Waals surface area contributed by atoms with Crippen LogP contribution in [0.5, 0.6) is 0 Å². The van der Waals surface area contributed by atoms with E-state index < -0.39 is 22.1 Å². The van der Waals surface area contributed by atoms with Gasteiger partial charge in [-0.1, -0.05) is 31.4 Å². The van der Waals surface area contributed by atoms with Crippen LogP contribution in [-0.4, -0.2) is 45.4 Å². The number of hydrogen-bond acceptors (Lipinski definition) is 4. The van der Waals surface area contributed by atoms with Crippen LogP contribution in [0.2, 0.25) is 0 Å². The van der Waals surface area contributed by atoms with E-state index in [9.17, 15) is 17.6 Å². The zero-order valence-electron chi connectivity index (χ0n) is 15.3. The third kappa shape index (κ3) is 5.75. The Hall–Kier alpha value is -1.51.